The molecular formula is C81H66N4. The molecule has 0 spiro atoms. The average Bonchev–Trinajstić information content (AvgIpc) is 2.82. The van der Waals surface area contributed by atoms with E-state index in [1.54, 1.807) is 0 Å². The number of fused-ring (bicyclic) bond motifs is 6. The molecule has 0 saturated heterocycles. The highest BCUT2D eigenvalue weighted by Gasteiger charge is 2.22. The number of nitrogens with zero attached hydrogens (tertiary/aromatic N) is 4. The summed E-state index contributed by atoms with van der Waals surface area (Å²) >= 11 is 0. The number of benzene rings is 10. The Morgan fingerprint density at radius 2 is 0.800 bits per heavy atom. The summed E-state index contributed by atoms with van der Waals surface area (Å²) in [6.07, 6.45) is 18.7. The Morgan fingerprint density at radius 3 is 1.29 bits per heavy atom. The molecule has 0 fully saturated rings. The third-order valence-electron chi connectivity index (χ3n) is 17.2. The van der Waals surface area contributed by atoms with Crippen molar-refractivity contribution >= 4 is 66.7 Å². The van der Waals surface area contributed by atoms with Crippen LogP contribution in [0.4, 0.5) is 0 Å². The molecule has 85 heavy (non-hydrogen) atoms. The molecule has 0 atom stereocenters. The van der Waals surface area contributed by atoms with E-state index in [0.717, 1.165) is 98.5 Å². The van der Waals surface area contributed by atoms with Crippen molar-refractivity contribution in [1.82, 2.24) is 18.3 Å². The quantitative estimate of drug-likeness (QED) is 0.0860. The molecule has 0 aliphatic heterocycles. The third kappa shape index (κ3) is 9.28. The van der Waals surface area contributed by atoms with E-state index in [4.69, 9.17) is 0 Å². The Hall–Kier alpha value is -10.4. The van der Waals surface area contributed by atoms with Gasteiger partial charge in [-0.2, -0.15) is 0 Å². The Bertz CT molecular complexity index is 4930. The van der Waals surface area contributed by atoms with E-state index in [9.17, 15) is 0 Å². The molecule has 4 heteroatoms. The van der Waals surface area contributed by atoms with Crippen LogP contribution in [0.1, 0.15) is 55.3 Å². The van der Waals surface area contributed by atoms with Crippen LogP contribution >= 0.6 is 0 Å². The molecule has 4 heterocycles. The van der Waals surface area contributed by atoms with Crippen LogP contribution in [-0.4, -0.2) is 18.3 Å². The SMILES string of the molecule is C=CCCc1cn(-c2cc(-c3cccc(-c4cccc(-c5cccc(-c6cc(-n7c(C/C=C\C)c(C=C)c8ccccc87)cc(-n7c(CC)c(/C=C\C)c8ccccc87)c6)c5)c4)c3)cc(-n3c4ccccc4c4ccccc43)c2)c2ccccc12. The highest BCUT2D eigenvalue weighted by atomic mass is 15.0. The van der Waals surface area contributed by atoms with E-state index >= 15 is 0 Å². The van der Waals surface area contributed by atoms with Crippen LogP contribution in [0.2, 0.25) is 0 Å². The molecule has 0 bridgehead atoms. The van der Waals surface area contributed by atoms with Gasteiger partial charge in [0.05, 0.1) is 27.6 Å². The molecule has 410 valence electrons. The van der Waals surface area contributed by atoms with Crippen LogP contribution in [0, 0.1) is 0 Å². The summed E-state index contributed by atoms with van der Waals surface area (Å²) in [7, 11) is 0. The fourth-order valence-electron chi connectivity index (χ4n) is 13.4. The maximum atomic E-state index is 4.35. The molecule has 0 unspecified atom stereocenters. The van der Waals surface area contributed by atoms with Gasteiger partial charge in [-0.15, -0.1) is 6.58 Å². The Kier molecular flexibility index (Phi) is 13.9. The van der Waals surface area contributed by atoms with Gasteiger partial charge < -0.3 is 18.3 Å². The standard InChI is InChI=1S/C81H66N4/c1-6-11-27-61-54-82(76-40-18-13-34-69(61)76)64-48-62(49-65(52-64)85-80-43-21-16-37-73(80)74-38-17-22-44-81(74)85)59-32-24-30-57(46-59)55-28-23-29-56(45-55)58-31-25-33-60(47-58)63-50-66(83-75(10-5)70(26-8-3)72-36-15-20-42-79(72)83)53-67(51-63)84-77(39-12-7-2)68(9-4)71-35-14-19-41-78(71)84/h6-9,12-26,28-38,40-54H,1,4,10-11,27,39H2,2-3,5H3/b12-7-,26-8-. The predicted molar refractivity (Wildman–Crippen MR) is 364 cm³/mol. The number of para-hydroxylation sites is 5. The van der Waals surface area contributed by atoms with Gasteiger partial charge in [0, 0.05) is 84.8 Å². The summed E-state index contributed by atoms with van der Waals surface area (Å²) in [5.74, 6) is 0. The Balaban J connectivity index is 0.897. The summed E-state index contributed by atoms with van der Waals surface area (Å²) in [4.78, 5) is 0. The molecule has 0 aliphatic rings. The second-order valence-electron chi connectivity index (χ2n) is 22.2. The van der Waals surface area contributed by atoms with Gasteiger partial charge in [0.1, 0.15) is 0 Å². The maximum absolute atomic E-state index is 4.35. The summed E-state index contributed by atoms with van der Waals surface area (Å²) in [6, 6.07) is 85.5. The van der Waals surface area contributed by atoms with E-state index in [1.165, 1.54) is 77.1 Å². The van der Waals surface area contributed by atoms with Gasteiger partial charge >= 0.3 is 0 Å². The fraction of sp³-hybridized carbons (Fsp3) is 0.0864. The number of hydrogen-bond acceptors (Lipinski definition) is 0. The summed E-state index contributed by atoms with van der Waals surface area (Å²) in [6.45, 7) is 14.9. The van der Waals surface area contributed by atoms with Gasteiger partial charge in [-0.25, -0.2) is 0 Å². The normalized spacial score (nSPS) is 11.9. The topological polar surface area (TPSA) is 19.7 Å². The lowest BCUT2D eigenvalue weighted by Crippen LogP contribution is -2.05. The predicted octanol–water partition coefficient (Wildman–Crippen LogP) is 21.8. The van der Waals surface area contributed by atoms with Crippen LogP contribution in [0.5, 0.6) is 0 Å². The lowest BCUT2D eigenvalue weighted by molar-refractivity contribution is 0.948. The summed E-state index contributed by atoms with van der Waals surface area (Å²) < 4.78 is 9.80. The van der Waals surface area contributed by atoms with Crippen LogP contribution in [0.3, 0.4) is 0 Å². The highest BCUT2D eigenvalue weighted by molar-refractivity contribution is 6.09. The van der Waals surface area contributed by atoms with Crippen molar-refractivity contribution in [1.29, 1.82) is 0 Å². The van der Waals surface area contributed by atoms with Gasteiger partial charge in [-0.3, -0.25) is 0 Å². The van der Waals surface area contributed by atoms with Crippen LogP contribution in [-0.2, 0) is 19.3 Å². The van der Waals surface area contributed by atoms with Gasteiger partial charge in [-0.1, -0.05) is 196 Å². The second-order valence-corrected chi connectivity index (χ2v) is 22.2. The number of aryl methyl sites for hydroxylation is 1. The lowest BCUT2D eigenvalue weighted by atomic mass is 9.94. The van der Waals surface area contributed by atoms with Gasteiger partial charge in [-0.05, 0) is 168 Å². The monoisotopic (exact) mass is 1090 g/mol. The van der Waals surface area contributed by atoms with Crippen LogP contribution in [0.15, 0.2) is 274 Å². The fourth-order valence-corrected chi connectivity index (χ4v) is 13.4. The van der Waals surface area contributed by atoms with Gasteiger partial charge in [0.2, 0.25) is 0 Å². The first-order valence-corrected chi connectivity index (χ1v) is 29.9. The molecule has 4 nitrogen and oxygen atoms in total. The second kappa shape index (κ2) is 22.4. The summed E-state index contributed by atoms with van der Waals surface area (Å²) in [5.41, 5.74) is 25.9. The van der Waals surface area contributed by atoms with Crippen LogP contribution in [0.25, 0.3) is 134 Å². The van der Waals surface area contributed by atoms with E-state index in [2.05, 4.69) is 313 Å². The van der Waals surface area contributed by atoms with E-state index < -0.39 is 0 Å². The number of allylic oxidation sites excluding steroid dienone is 4. The third-order valence-corrected chi connectivity index (χ3v) is 17.2. The molecule has 14 aromatic rings. The van der Waals surface area contributed by atoms with E-state index in [-0.39, 0.29) is 0 Å². The van der Waals surface area contributed by atoms with Crippen molar-refractivity contribution in [2.45, 2.75) is 46.5 Å². The molecule has 0 saturated carbocycles. The minimum Gasteiger partial charge on any atom is -0.316 e. The van der Waals surface area contributed by atoms with Gasteiger partial charge in [0.25, 0.3) is 0 Å². The van der Waals surface area contributed by atoms with Crippen molar-refractivity contribution in [2.75, 3.05) is 0 Å². The molecule has 10 aromatic carbocycles. The minimum atomic E-state index is 0.775. The summed E-state index contributed by atoms with van der Waals surface area (Å²) in [5, 5.41) is 6.21. The highest BCUT2D eigenvalue weighted by Crippen LogP contribution is 2.41. The average molecular weight is 1100 g/mol. The Labute approximate surface area is 498 Å². The van der Waals surface area contributed by atoms with Crippen LogP contribution < -0.4 is 0 Å². The maximum Gasteiger partial charge on any atom is 0.0541 e. The molecular weight excluding hydrogens is 1030 g/mol. The van der Waals surface area contributed by atoms with Crippen molar-refractivity contribution < 1.29 is 0 Å². The van der Waals surface area contributed by atoms with Crippen molar-refractivity contribution in [3.63, 3.8) is 0 Å². The number of rotatable bonds is 16. The number of hydrogen-bond donors (Lipinski definition) is 0. The smallest absolute Gasteiger partial charge is 0.0541 e. The van der Waals surface area contributed by atoms with Crippen molar-refractivity contribution in [3.8, 4) is 67.3 Å². The molecule has 14 rings (SSSR count). The zero-order chi connectivity index (χ0) is 57.5. The zero-order valence-electron chi connectivity index (χ0n) is 48.5. The van der Waals surface area contributed by atoms with E-state index in [0.29, 0.717) is 0 Å². The molecule has 0 N–H and O–H groups in total. The largest absolute Gasteiger partial charge is 0.316 e. The first kappa shape index (κ1) is 52.6. The Morgan fingerprint density at radius 1 is 0.376 bits per heavy atom. The number of aromatic nitrogens is 4. The first-order chi connectivity index (χ1) is 41.9. The van der Waals surface area contributed by atoms with Crippen molar-refractivity contribution in [2.24, 2.45) is 0 Å². The molecule has 0 radical (unpaired) electrons. The molecule has 0 amide bonds. The lowest BCUT2D eigenvalue weighted by Gasteiger charge is -2.18. The minimum absolute atomic E-state index is 0.775. The molecule has 0 aliphatic carbocycles. The molecule has 4 aromatic heterocycles. The van der Waals surface area contributed by atoms with E-state index in [1.807, 2.05) is 12.2 Å². The van der Waals surface area contributed by atoms with Gasteiger partial charge in [0.15, 0.2) is 0 Å². The zero-order valence-corrected chi connectivity index (χ0v) is 48.5. The first-order valence-electron chi connectivity index (χ1n) is 29.9. The van der Waals surface area contributed by atoms with Crippen molar-refractivity contribution in [3.05, 3.63) is 302 Å².